The van der Waals surface area contributed by atoms with Gasteiger partial charge in [-0.05, 0) is 37.5 Å². The van der Waals surface area contributed by atoms with Crippen LogP contribution < -0.4 is 0 Å². The van der Waals surface area contributed by atoms with Crippen molar-refractivity contribution in [2.45, 2.75) is 484 Å². The van der Waals surface area contributed by atoms with E-state index in [1.54, 1.807) is 0 Å². The average Bonchev–Trinajstić information content (AvgIpc) is 0.922. The molecule has 0 aliphatic carbocycles. The van der Waals surface area contributed by atoms with Gasteiger partial charge in [-0.2, -0.15) is 0 Å². The molecule has 0 aromatic heterocycles. The van der Waals surface area contributed by atoms with Gasteiger partial charge in [-0.25, -0.2) is 9.13 Å². The van der Waals surface area contributed by atoms with Crippen molar-refractivity contribution in [3.8, 4) is 0 Å². The molecular formula is C87H170O17P2. The van der Waals surface area contributed by atoms with Crippen LogP contribution in [0.25, 0.3) is 0 Å². The van der Waals surface area contributed by atoms with Crippen molar-refractivity contribution in [1.29, 1.82) is 0 Å². The number of unbranched alkanes of at least 4 members (excludes halogenated alkanes) is 56. The first-order valence-corrected chi connectivity index (χ1v) is 48.0. The van der Waals surface area contributed by atoms with Gasteiger partial charge in [0.15, 0.2) is 12.2 Å². The van der Waals surface area contributed by atoms with E-state index in [4.69, 9.17) is 37.0 Å². The van der Waals surface area contributed by atoms with Gasteiger partial charge >= 0.3 is 39.5 Å². The maximum atomic E-state index is 13.2. The van der Waals surface area contributed by atoms with E-state index < -0.39 is 97.5 Å². The molecule has 19 heteroatoms. The molecule has 0 heterocycles. The molecule has 630 valence electrons. The molecule has 0 spiro atoms. The molecule has 0 bridgehead atoms. The second-order valence-corrected chi connectivity index (χ2v) is 35.1. The molecule has 0 saturated carbocycles. The number of esters is 4. The number of hydrogen-bond acceptors (Lipinski definition) is 15. The monoisotopic (exact) mass is 1550 g/mol. The highest BCUT2D eigenvalue weighted by atomic mass is 31.2. The fourth-order valence-corrected chi connectivity index (χ4v) is 15.2. The minimum Gasteiger partial charge on any atom is -0.462 e. The molecule has 0 aromatic carbocycles. The van der Waals surface area contributed by atoms with Crippen molar-refractivity contribution in [2.24, 2.45) is 11.8 Å². The molecule has 106 heavy (non-hydrogen) atoms. The molecule has 5 atom stereocenters. The molecule has 0 radical (unpaired) electrons. The Morgan fingerprint density at radius 3 is 0.642 bits per heavy atom. The second-order valence-electron chi connectivity index (χ2n) is 32.2. The molecule has 0 aliphatic heterocycles. The van der Waals surface area contributed by atoms with Crippen LogP contribution in [0, 0.1) is 11.8 Å². The molecule has 2 unspecified atom stereocenters. The second kappa shape index (κ2) is 78.3. The Hall–Kier alpha value is -1.94. The Bertz CT molecular complexity index is 2030. The topological polar surface area (TPSA) is 237 Å². The zero-order valence-corrected chi connectivity index (χ0v) is 71.5. The fourth-order valence-electron chi connectivity index (χ4n) is 13.6. The van der Waals surface area contributed by atoms with Crippen LogP contribution in [-0.4, -0.2) is 96.7 Å². The van der Waals surface area contributed by atoms with Crippen LogP contribution in [0.1, 0.15) is 465 Å². The Morgan fingerprint density at radius 2 is 0.434 bits per heavy atom. The van der Waals surface area contributed by atoms with Gasteiger partial charge < -0.3 is 33.8 Å². The summed E-state index contributed by atoms with van der Waals surface area (Å²) < 4.78 is 68.9. The molecule has 0 aromatic rings. The molecule has 0 rings (SSSR count). The van der Waals surface area contributed by atoms with E-state index in [9.17, 15) is 43.2 Å². The Balaban J connectivity index is 5.24. The molecule has 3 N–H and O–H groups in total. The zero-order chi connectivity index (χ0) is 77.8. The van der Waals surface area contributed by atoms with E-state index in [1.165, 1.54) is 283 Å². The van der Waals surface area contributed by atoms with E-state index in [1.807, 2.05) is 0 Å². The standard InChI is InChI=1S/C87H170O17P2/c1-7-9-11-13-15-17-19-21-23-25-27-28-30-32-34-36-40-46-53-59-65-71-86(91)103-82(75-97-84(89)69-63-57-51-45-39-35-33-31-29-26-24-22-20-18-16-14-12-10-8-2)77-101-105(93,94)99-73-81(88)74-100-106(95,96)102-78-83(76-98-85(90)70-64-58-52-48-42-44-50-56-62-68-80(5)6)104-87(92)72-66-60-54-47-41-37-38-43-49-55-61-67-79(3)4/h79-83,88H,7-78H2,1-6H3,(H,93,94)(H,95,96)/t81-,82-,83-/m1/s1. The lowest BCUT2D eigenvalue weighted by molar-refractivity contribution is -0.161. The predicted molar refractivity (Wildman–Crippen MR) is 437 cm³/mol. The zero-order valence-electron chi connectivity index (χ0n) is 69.7. The number of phosphoric ester groups is 2. The number of ether oxygens (including phenoxy) is 4. The highest BCUT2D eigenvalue weighted by molar-refractivity contribution is 7.47. The lowest BCUT2D eigenvalue weighted by Crippen LogP contribution is -2.30. The SMILES string of the molecule is CCCCCCCCCCCCCCCCCCCCCCCC(=O)O[C@H](COC(=O)CCCCCCCCCCCCCCCCCCCCC)COP(=O)(O)OC[C@@H](O)COP(=O)(O)OC[C@@H](COC(=O)CCCCCCCCCCCC(C)C)OC(=O)CCCCCCCCCCCCCC(C)C. The normalized spacial score (nSPS) is 13.8. The summed E-state index contributed by atoms with van der Waals surface area (Å²) in [4.78, 5) is 73.3. The number of hydrogen-bond donors (Lipinski definition) is 3. The summed E-state index contributed by atoms with van der Waals surface area (Å²) in [5, 5.41) is 10.7. The first-order chi connectivity index (χ1) is 51.4. The third-order valence-electron chi connectivity index (χ3n) is 20.5. The number of carbonyl (C=O) groups is 4. The lowest BCUT2D eigenvalue weighted by Gasteiger charge is -2.21. The number of phosphoric acid groups is 2. The number of rotatable bonds is 86. The van der Waals surface area contributed by atoms with E-state index in [0.717, 1.165) is 102 Å². The van der Waals surface area contributed by atoms with Gasteiger partial charge in [-0.3, -0.25) is 37.3 Å². The van der Waals surface area contributed by atoms with Crippen molar-refractivity contribution in [3.63, 3.8) is 0 Å². The molecule has 0 aliphatic rings. The Morgan fingerprint density at radius 1 is 0.255 bits per heavy atom. The summed E-state index contributed by atoms with van der Waals surface area (Å²) in [7, 11) is -9.93. The van der Waals surface area contributed by atoms with Gasteiger partial charge in [0, 0.05) is 25.7 Å². The van der Waals surface area contributed by atoms with Gasteiger partial charge in [0.2, 0.25) is 0 Å². The average molecular weight is 1550 g/mol. The summed E-state index contributed by atoms with van der Waals surface area (Å²) >= 11 is 0. The third-order valence-corrected chi connectivity index (χ3v) is 22.4. The molecule has 0 saturated heterocycles. The fraction of sp³-hybridized carbons (Fsp3) is 0.954. The van der Waals surface area contributed by atoms with Gasteiger partial charge in [0.1, 0.15) is 19.3 Å². The highest BCUT2D eigenvalue weighted by Gasteiger charge is 2.30. The number of carbonyl (C=O) groups excluding carboxylic acids is 4. The first kappa shape index (κ1) is 104. The minimum atomic E-state index is -4.97. The third kappa shape index (κ3) is 80.1. The van der Waals surface area contributed by atoms with Gasteiger partial charge in [0.05, 0.1) is 26.4 Å². The van der Waals surface area contributed by atoms with Crippen LogP contribution in [0.15, 0.2) is 0 Å². The van der Waals surface area contributed by atoms with Crippen molar-refractivity contribution in [3.05, 3.63) is 0 Å². The maximum Gasteiger partial charge on any atom is 0.472 e. The summed E-state index contributed by atoms with van der Waals surface area (Å²) in [5.74, 6) is -0.593. The predicted octanol–water partition coefficient (Wildman–Crippen LogP) is 26.6. The van der Waals surface area contributed by atoms with Crippen LogP contribution in [0.3, 0.4) is 0 Å². The molecule has 17 nitrogen and oxygen atoms in total. The van der Waals surface area contributed by atoms with Crippen LogP contribution >= 0.6 is 15.6 Å². The summed E-state index contributed by atoms with van der Waals surface area (Å²) in [5.41, 5.74) is 0. The summed E-state index contributed by atoms with van der Waals surface area (Å²) in [6.07, 6.45) is 70.9. The van der Waals surface area contributed by atoms with Gasteiger partial charge in [-0.15, -0.1) is 0 Å². The minimum absolute atomic E-state index is 0.106. The van der Waals surface area contributed by atoms with Gasteiger partial charge in [0.25, 0.3) is 0 Å². The van der Waals surface area contributed by atoms with Crippen LogP contribution in [0.5, 0.6) is 0 Å². The largest absolute Gasteiger partial charge is 0.472 e. The van der Waals surface area contributed by atoms with E-state index in [2.05, 4.69) is 41.5 Å². The van der Waals surface area contributed by atoms with E-state index >= 15 is 0 Å². The molecule has 0 amide bonds. The van der Waals surface area contributed by atoms with Crippen LogP contribution in [-0.2, 0) is 65.4 Å². The van der Waals surface area contributed by atoms with Crippen LogP contribution in [0.4, 0.5) is 0 Å². The van der Waals surface area contributed by atoms with Crippen molar-refractivity contribution in [2.75, 3.05) is 39.6 Å². The summed E-state index contributed by atoms with van der Waals surface area (Å²) in [6.45, 7) is 9.65. The van der Waals surface area contributed by atoms with Crippen LogP contribution in [0.2, 0.25) is 0 Å². The Labute approximate surface area is 651 Å². The smallest absolute Gasteiger partial charge is 0.462 e. The Kier molecular flexibility index (Phi) is 76.9. The van der Waals surface area contributed by atoms with Crippen molar-refractivity contribution in [1.82, 2.24) is 0 Å². The van der Waals surface area contributed by atoms with E-state index in [-0.39, 0.29) is 25.7 Å². The van der Waals surface area contributed by atoms with Crippen molar-refractivity contribution >= 4 is 39.5 Å². The van der Waals surface area contributed by atoms with Crippen molar-refractivity contribution < 1.29 is 80.2 Å². The number of aliphatic hydroxyl groups excluding tert-OH is 1. The van der Waals surface area contributed by atoms with E-state index in [0.29, 0.717) is 25.7 Å². The maximum absolute atomic E-state index is 13.2. The summed E-state index contributed by atoms with van der Waals surface area (Å²) in [6, 6.07) is 0. The highest BCUT2D eigenvalue weighted by Crippen LogP contribution is 2.45. The quantitative estimate of drug-likeness (QED) is 0.0222. The number of aliphatic hydroxyl groups is 1. The lowest BCUT2D eigenvalue weighted by atomic mass is 10.0. The first-order valence-electron chi connectivity index (χ1n) is 45.0. The molecule has 0 fully saturated rings. The molecular weight excluding hydrogens is 1380 g/mol. The van der Waals surface area contributed by atoms with Gasteiger partial charge in [-0.1, -0.05) is 414 Å².